The topological polar surface area (TPSA) is 46.2 Å². The lowest BCUT2D eigenvalue weighted by Crippen LogP contribution is -2.40. The van der Waals surface area contributed by atoms with Crippen LogP contribution in [-0.4, -0.2) is 17.6 Å². The van der Waals surface area contributed by atoms with Gasteiger partial charge in [0.1, 0.15) is 5.78 Å². The van der Waals surface area contributed by atoms with Crippen molar-refractivity contribution in [3.63, 3.8) is 0 Å². The van der Waals surface area contributed by atoms with Crippen LogP contribution in [0.1, 0.15) is 73.0 Å². The summed E-state index contributed by atoms with van der Waals surface area (Å²) in [6, 6.07) is 15.8. The van der Waals surface area contributed by atoms with E-state index in [4.69, 9.17) is 0 Å². The monoisotopic (exact) mass is 417 g/mol. The predicted molar refractivity (Wildman–Crippen MR) is 128 cm³/mol. The zero-order chi connectivity index (χ0) is 22.4. The van der Waals surface area contributed by atoms with Crippen LogP contribution in [0.25, 0.3) is 5.57 Å². The van der Waals surface area contributed by atoms with Crippen LogP contribution in [0.4, 0.5) is 0 Å². The summed E-state index contributed by atoms with van der Waals surface area (Å²) in [6.07, 6.45) is 5.73. The van der Waals surface area contributed by atoms with E-state index < -0.39 is 0 Å². The highest BCUT2D eigenvalue weighted by molar-refractivity contribution is 6.01. The van der Waals surface area contributed by atoms with Gasteiger partial charge in [-0.15, -0.1) is 0 Å². The van der Waals surface area contributed by atoms with Gasteiger partial charge in [-0.3, -0.25) is 9.59 Å². The average Bonchev–Trinajstić information content (AvgIpc) is 2.95. The first-order chi connectivity index (χ1) is 14.9. The molecule has 2 aromatic rings. The summed E-state index contributed by atoms with van der Waals surface area (Å²) in [5.74, 6) is 0.718. The van der Waals surface area contributed by atoms with E-state index in [0.717, 1.165) is 24.8 Å². The third-order valence-corrected chi connectivity index (χ3v) is 6.43. The van der Waals surface area contributed by atoms with Crippen molar-refractivity contribution < 1.29 is 9.59 Å². The van der Waals surface area contributed by atoms with Crippen LogP contribution < -0.4 is 5.32 Å². The molecule has 3 unspecified atom stereocenters. The molecule has 0 bridgehead atoms. The summed E-state index contributed by atoms with van der Waals surface area (Å²) in [4.78, 5) is 26.3. The van der Waals surface area contributed by atoms with E-state index in [2.05, 4.69) is 50.4 Å². The SMILES string of the molecule is CCC(C)CC(=O)CC1CCC(c2cccc(C)c2)=CNC1C(=O)c1cccc(C)c1. The highest BCUT2D eigenvalue weighted by Crippen LogP contribution is 2.31. The minimum absolute atomic E-state index is 0.0110. The van der Waals surface area contributed by atoms with Crippen molar-refractivity contribution in [2.24, 2.45) is 11.8 Å². The number of hydrogen-bond donors (Lipinski definition) is 1. The number of carbonyl (C=O) groups is 2. The fourth-order valence-electron chi connectivity index (χ4n) is 4.37. The summed E-state index contributed by atoms with van der Waals surface area (Å²) < 4.78 is 0. The quantitative estimate of drug-likeness (QED) is 0.513. The Labute approximate surface area is 187 Å². The second-order valence-electron chi connectivity index (χ2n) is 9.18. The van der Waals surface area contributed by atoms with Crippen molar-refractivity contribution in [3.8, 4) is 0 Å². The molecule has 1 aliphatic rings. The van der Waals surface area contributed by atoms with Gasteiger partial charge < -0.3 is 5.32 Å². The molecule has 1 N–H and O–H groups in total. The fraction of sp³-hybridized carbons (Fsp3) is 0.429. The fourth-order valence-corrected chi connectivity index (χ4v) is 4.37. The summed E-state index contributed by atoms with van der Waals surface area (Å²) in [5.41, 5.74) is 5.38. The number of Topliss-reactive ketones (excluding diaryl/α,β-unsaturated/α-hetero) is 2. The van der Waals surface area contributed by atoms with E-state index >= 15 is 0 Å². The molecule has 2 aromatic carbocycles. The zero-order valence-corrected chi connectivity index (χ0v) is 19.3. The van der Waals surface area contributed by atoms with E-state index in [9.17, 15) is 9.59 Å². The van der Waals surface area contributed by atoms with E-state index in [1.807, 2.05) is 37.4 Å². The summed E-state index contributed by atoms with van der Waals surface area (Å²) in [6.45, 7) is 8.33. The van der Waals surface area contributed by atoms with E-state index in [0.29, 0.717) is 24.3 Å². The molecule has 0 saturated carbocycles. The molecule has 0 radical (unpaired) electrons. The number of rotatable bonds is 8. The molecular formula is C28H35NO2. The van der Waals surface area contributed by atoms with Gasteiger partial charge in [0.15, 0.2) is 5.78 Å². The van der Waals surface area contributed by atoms with Crippen LogP contribution in [0.15, 0.2) is 54.7 Å². The molecule has 0 amide bonds. The first-order valence-electron chi connectivity index (χ1n) is 11.5. The highest BCUT2D eigenvalue weighted by atomic mass is 16.1. The maximum absolute atomic E-state index is 13.5. The van der Waals surface area contributed by atoms with Crippen molar-refractivity contribution in [3.05, 3.63) is 77.0 Å². The van der Waals surface area contributed by atoms with Gasteiger partial charge in [-0.05, 0) is 55.7 Å². The zero-order valence-electron chi connectivity index (χ0n) is 19.3. The number of ketones is 2. The Bertz CT molecular complexity index is 959. The number of hydrogen-bond acceptors (Lipinski definition) is 3. The van der Waals surface area contributed by atoms with Crippen molar-refractivity contribution in [2.45, 2.75) is 65.8 Å². The molecule has 0 aromatic heterocycles. The molecule has 3 atom stereocenters. The Morgan fingerprint density at radius 2 is 1.77 bits per heavy atom. The van der Waals surface area contributed by atoms with Gasteiger partial charge in [-0.1, -0.05) is 73.9 Å². The molecule has 1 heterocycles. The lowest BCUT2D eigenvalue weighted by Gasteiger charge is -2.25. The maximum atomic E-state index is 13.5. The van der Waals surface area contributed by atoms with Crippen LogP contribution in [-0.2, 0) is 4.79 Å². The first kappa shape index (κ1) is 23.0. The lowest BCUT2D eigenvalue weighted by molar-refractivity contribution is -0.120. The normalized spacial score (nSPS) is 19.7. The van der Waals surface area contributed by atoms with Gasteiger partial charge in [-0.2, -0.15) is 0 Å². The standard InChI is InChI=1S/C28H35NO2/c1-5-19(2)16-26(30)17-23-12-13-25(22-10-6-8-20(3)14-22)18-29-27(23)28(31)24-11-7-9-21(4)15-24/h6-11,14-15,18-19,23,27,29H,5,12-13,16-17H2,1-4H3. The Hall–Kier alpha value is -2.68. The van der Waals surface area contributed by atoms with Gasteiger partial charge >= 0.3 is 0 Å². The van der Waals surface area contributed by atoms with Crippen LogP contribution in [0.5, 0.6) is 0 Å². The average molecular weight is 418 g/mol. The van der Waals surface area contributed by atoms with Gasteiger partial charge in [-0.25, -0.2) is 0 Å². The number of aryl methyl sites for hydroxylation is 2. The second-order valence-corrected chi connectivity index (χ2v) is 9.18. The molecule has 1 aliphatic heterocycles. The molecule has 3 heteroatoms. The molecule has 164 valence electrons. The van der Waals surface area contributed by atoms with Gasteiger partial charge in [0.2, 0.25) is 0 Å². The molecule has 31 heavy (non-hydrogen) atoms. The number of allylic oxidation sites excluding steroid dienone is 1. The second kappa shape index (κ2) is 10.6. The first-order valence-corrected chi connectivity index (χ1v) is 11.5. The maximum Gasteiger partial charge on any atom is 0.185 e. The Morgan fingerprint density at radius 1 is 1.06 bits per heavy atom. The summed E-state index contributed by atoms with van der Waals surface area (Å²) in [7, 11) is 0. The number of nitrogens with one attached hydrogen (secondary N) is 1. The number of carbonyl (C=O) groups excluding carboxylic acids is 2. The van der Waals surface area contributed by atoms with Crippen LogP contribution in [0, 0.1) is 25.7 Å². The van der Waals surface area contributed by atoms with Crippen molar-refractivity contribution in [1.29, 1.82) is 0 Å². The Kier molecular flexibility index (Phi) is 7.84. The van der Waals surface area contributed by atoms with Gasteiger partial charge in [0.25, 0.3) is 0 Å². The molecular weight excluding hydrogens is 382 g/mol. The van der Waals surface area contributed by atoms with Crippen molar-refractivity contribution in [1.82, 2.24) is 5.32 Å². The van der Waals surface area contributed by atoms with Crippen LogP contribution >= 0.6 is 0 Å². The summed E-state index contributed by atoms with van der Waals surface area (Å²) in [5, 5.41) is 3.43. The van der Waals surface area contributed by atoms with E-state index in [-0.39, 0.29) is 23.5 Å². The molecule has 0 aliphatic carbocycles. The van der Waals surface area contributed by atoms with E-state index in [1.165, 1.54) is 16.7 Å². The van der Waals surface area contributed by atoms with Crippen LogP contribution in [0.3, 0.4) is 0 Å². The van der Waals surface area contributed by atoms with Gasteiger partial charge in [0.05, 0.1) is 6.04 Å². The molecule has 0 saturated heterocycles. The minimum atomic E-state index is -0.384. The third-order valence-electron chi connectivity index (χ3n) is 6.43. The number of benzene rings is 2. The third kappa shape index (κ3) is 6.16. The molecule has 0 spiro atoms. The van der Waals surface area contributed by atoms with Crippen molar-refractivity contribution >= 4 is 17.1 Å². The Morgan fingerprint density at radius 3 is 2.45 bits per heavy atom. The van der Waals surface area contributed by atoms with E-state index in [1.54, 1.807) is 0 Å². The molecule has 3 nitrogen and oxygen atoms in total. The molecule has 0 fully saturated rings. The predicted octanol–water partition coefficient (Wildman–Crippen LogP) is 6.29. The van der Waals surface area contributed by atoms with Gasteiger partial charge in [0, 0.05) is 24.6 Å². The minimum Gasteiger partial charge on any atom is -0.380 e. The van der Waals surface area contributed by atoms with Crippen molar-refractivity contribution in [2.75, 3.05) is 0 Å². The summed E-state index contributed by atoms with van der Waals surface area (Å²) >= 11 is 0. The smallest absolute Gasteiger partial charge is 0.185 e. The van der Waals surface area contributed by atoms with Crippen LogP contribution in [0.2, 0.25) is 0 Å². The lowest BCUT2D eigenvalue weighted by atomic mass is 9.83. The molecule has 3 rings (SSSR count). The highest BCUT2D eigenvalue weighted by Gasteiger charge is 2.32. The Balaban J connectivity index is 1.86. The largest absolute Gasteiger partial charge is 0.380 e.